The maximum atomic E-state index is 12.7. The van der Waals surface area contributed by atoms with E-state index < -0.39 is 11.7 Å². The van der Waals surface area contributed by atoms with Crippen LogP contribution in [0.2, 0.25) is 0 Å². The Kier molecular flexibility index (Phi) is 5.57. The zero-order valence-electron chi connectivity index (χ0n) is 19.7. The summed E-state index contributed by atoms with van der Waals surface area (Å²) >= 11 is 0. The summed E-state index contributed by atoms with van der Waals surface area (Å²) < 4.78 is 5.54. The van der Waals surface area contributed by atoms with Gasteiger partial charge in [0.05, 0.1) is 5.71 Å². The number of aliphatic imine (C=N–C) groups is 1. The number of ether oxygens (including phenoxy) is 1. The number of nitrogens with zero attached hydrogens (tertiary/aromatic N) is 3. The molecule has 170 valence electrons. The molecule has 5 heteroatoms. The van der Waals surface area contributed by atoms with Crippen molar-refractivity contribution in [2.24, 2.45) is 4.99 Å². The molecule has 1 fully saturated rings. The van der Waals surface area contributed by atoms with Crippen LogP contribution in [0, 0.1) is 0 Å². The molecule has 0 atom stereocenters. The first-order valence-electron chi connectivity index (χ1n) is 11.8. The zero-order chi connectivity index (χ0) is 23.0. The van der Waals surface area contributed by atoms with E-state index in [2.05, 4.69) is 75.7 Å². The molecule has 0 radical (unpaired) electrons. The largest absolute Gasteiger partial charge is 0.442 e. The topological polar surface area (TPSA) is 45.1 Å². The highest BCUT2D eigenvalue weighted by Crippen LogP contribution is 2.35. The molecule has 1 aliphatic carbocycles. The van der Waals surface area contributed by atoms with Crippen LogP contribution in [0.4, 0.5) is 16.2 Å². The van der Waals surface area contributed by atoms with Gasteiger partial charge in [-0.25, -0.2) is 4.79 Å². The number of amides is 1. The molecular formula is C28H31N3O2. The van der Waals surface area contributed by atoms with Crippen molar-refractivity contribution in [1.29, 1.82) is 0 Å². The Morgan fingerprint density at radius 1 is 0.818 bits per heavy atom. The Balaban J connectivity index is 1.49. The Bertz CT molecular complexity index is 1090. The fourth-order valence-corrected chi connectivity index (χ4v) is 4.86. The monoisotopic (exact) mass is 441 g/mol. The molecular weight excluding hydrogens is 410 g/mol. The molecule has 0 saturated heterocycles. The number of hydrogen-bond donors (Lipinski definition) is 0. The van der Waals surface area contributed by atoms with Crippen molar-refractivity contribution in [1.82, 2.24) is 0 Å². The summed E-state index contributed by atoms with van der Waals surface area (Å²) in [6, 6.07) is 17.0. The molecule has 2 aliphatic heterocycles. The van der Waals surface area contributed by atoms with Crippen LogP contribution in [-0.2, 0) is 17.6 Å². The maximum absolute atomic E-state index is 12.7. The van der Waals surface area contributed by atoms with Crippen LogP contribution < -0.4 is 9.80 Å². The fraction of sp³-hybridized carbons (Fsp3) is 0.357. The number of hydrogen-bond acceptors (Lipinski definition) is 4. The molecule has 5 rings (SSSR count). The van der Waals surface area contributed by atoms with Crippen LogP contribution in [0.5, 0.6) is 0 Å². The second kappa shape index (κ2) is 8.54. The van der Waals surface area contributed by atoms with Gasteiger partial charge in [-0.3, -0.25) is 0 Å². The Morgan fingerprint density at radius 2 is 1.30 bits per heavy atom. The lowest BCUT2D eigenvalue weighted by Gasteiger charge is -2.19. The van der Waals surface area contributed by atoms with E-state index in [1.165, 1.54) is 22.5 Å². The van der Waals surface area contributed by atoms with Gasteiger partial charge < -0.3 is 14.5 Å². The molecule has 33 heavy (non-hydrogen) atoms. The minimum Gasteiger partial charge on any atom is -0.442 e. The summed E-state index contributed by atoms with van der Waals surface area (Å²) in [6.07, 6.45) is 7.64. The first-order valence-corrected chi connectivity index (χ1v) is 11.8. The van der Waals surface area contributed by atoms with Gasteiger partial charge in [-0.15, -0.1) is 0 Å². The highest BCUT2D eigenvalue weighted by Gasteiger charge is 2.28. The number of carbonyl (C=O) groups is 1. The zero-order valence-corrected chi connectivity index (χ0v) is 19.7. The normalized spacial score (nSPS) is 19.9. The maximum Gasteiger partial charge on any atom is 0.434 e. The third kappa shape index (κ3) is 4.58. The molecule has 0 N–H and O–H groups in total. The second-order valence-corrected chi connectivity index (χ2v) is 9.89. The van der Waals surface area contributed by atoms with Crippen molar-refractivity contribution in [2.75, 3.05) is 22.9 Å². The Labute approximate surface area is 196 Å². The molecule has 0 unspecified atom stereocenters. The molecule has 1 amide bonds. The van der Waals surface area contributed by atoms with Crippen molar-refractivity contribution in [3.63, 3.8) is 0 Å². The molecule has 5 nitrogen and oxygen atoms in total. The number of benzene rings is 2. The quantitative estimate of drug-likeness (QED) is 0.569. The summed E-state index contributed by atoms with van der Waals surface area (Å²) in [5.41, 5.74) is 7.59. The summed E-state index contributed by atoms with van der Waals surface area (Å²) in [7, 11) is 0. The smallest absolute Gasteiger partial charge is 0.434 e. The predicted octanol–water partition coefficient (Wildman–Crippen LogP) is 6.05. The average molecular weight is 442 g/mol. The van der Waals surface area contributed by atoms with Crippen LogP contribution >= 0.6 is 0 Å². The standard InChI is InChI=1S/C28H31N3O2/c1-28(2,3)33-27(32)29-26-22(18-30-16-14-20-8-4-6-10-24(20)30)12-13-23(26)19-31-17-15-21-9-5-7-11-25(21)31/h4-11,18-19H,12-17H2,1-3H3/b22-18+,23-19+. The molecule has 2 aromatic rings. The highest BCUT2D eigenvalue weighted by molar-refractivity contribution is 6.18. The van der Waals surface area contributed by atoms with Gasteiger partial charge in [0, 0.05) is 36.9 Å². The van der Waals surface area contributed by atoms with Crippen LogP contribution in [0.1, 0.15) is 44.7 Å². The number of allylic oxidation sites excluding steroid dienone is 2. The molecule has 0 aromatic heterocycles. The van der Waals surface area contributed by atoms with Crippen molar-refractivity contribution < 1.29 is 9.53 Å². The number of rotatable bonds is 2. The lowest BCUT2D eigenvalue weighted by molar-refractivity contribution is 0.0604. The minimum atomic E-state index is -0.574. The molecule has 3 aliphatic rings. The van der Waals surface area contributed by atoms with E-state index in [1.807, 2.05) is 20.8 Å². The van der Waals surface area contributed by atoms with Gasteiger partial charge in [0.2, 0.25) is 0 Å². The number of carbonyl (C=O) groups excluding carboxylic acids is 1. The first-order chi connectivity index (χ1) is 15.9. The summed E-state index contributed by atoms with van der Waals surface area (Å²) in [5, 5.41) is 0. The third-order valence-electron chi connectivity index (χ3n) is 6.34. The summed E-state index contributed by atoms with van der Waals surface area (Å²) in [4.78, 5) is 21.8. The van der Waals surface area contributed by atoms with Gasteiger partial charge in [0.25, 0.3) is 0 Å². The SMILES string of the molecule is CC(C)(C)OC(=O)N=C1/C(=C/N2CCc3ccccc32)CC/C1=C\N1CCc2ccccc21. The van der Waals surface area contributed by atoms with Crippen molar-refractivity contribution in [3.05, 3.63) is 83.2 Å². The summed E-state index contributed by atoms with van der Waals surface area (Å²) in [6.45, 7) is 7.50. The first kappa shape index (κ1) is 21.5. The predicted molar refractivity (Wildman–Crippen MR) is 134 cm³/mol. The van der Waals surface area contributed by atoms with Gasteiger partial charge in [-0.05, 0) is 80.9 Å². The van der Waals surface area contributed by atoms with Gasteiger partial charge in [0.15, 0.2) is 0 Å². The van der Waals surface area contributed by atoms with E-state index in [1.54, 1.807) is 0 Å². The molecule has 0 spiro atoms. The van der Waals surface area contributed by atoms with Gasteiger partial charge >= 0.3 is 6.09 Å². The third-order valence-corrected chi connectivity index (χ3v) is 6.34. The van der Waals surface area contributed by atoms with E-state index in [9.17, 15) is 4.79 Å². The average Bonchev–Trinajstić information content (AvgIpc) is 3.47. The molecule has 2 heterocycles. The fourth-order valence-electron chi connectivity index (χ4n) is 4.86. The van der Waals surface area contributed by atoms with E-state index in [0.717, 1.165) is 55.6 Å². The van der Waals surface area contributed by atoms with Crippen molar-refractivity contribution in [2.45, 2.75) is 52.1 Å². The van der Waals surface area contributed by atoms with Crippen LogP contribution in [0.25, 0.3) is 0 Å². The van der Waals surface area contributed by atoms with Crippen LogP contribution in [0.3, 0.4) is 0 Å². The molecule has 1 saturated carbocycles. The Morgan fingerprint density at radius 3 is 1.79 bits per heavy atom. The molecule has 0 bridgehead atoms. The van der Waals surface area contributed by atoms with Crippen LogP contribution in [0.15, 0.2) is 77.1 Å². The Hall–Kier alpha value is -3.34. The lowest BCUT2D eigenvalue weighted by Crippen LogP contribution is -2.23. The number of anilines is 2. The highest BCUT2D eigenvalue weighted by atomic mass is 16.6. The molecule has 2 aromatic carbocycles. The van der Waals surface area contributed by atoms with Gasteiger partial charge in [-0.2, -0.15) is 4.99 Å². The second-order valence-electron chi connectivity index (χ2n) is 9.89. The van der Waals surface area contributed by atoms with E-state index in [0.29, 0.717) is 0 Å². The minimum absolute atomic E-state index is 0.528. The van der Waals surface area contributed by atoms with Crippen molar-refractivity contribution >= 4 is 23.2 Å². The van der Waals surface area contributed by atoms with Crippen molar-refractivity contribution in [3.8, 4) is 0 Å². The number of para-hydroxylation sites is 2. The van der Waals surface area contributed by atoms with E-state index in [4.69, 9.17) is 4.74 Å². The van der Waals surface area contributed by atoms with Gasteiger partial charge in [0.1, 0.15) is 5.60 Å². The van der Waals surface area contributed by atoms with Crippen LogP contribution in [-0.4, -0.2) is 30.5 Å². The summed E-state index contributed by atoms with van der Waals surface area (Å²) in [5.74, 6) is 0. The lowest BCUT2D eigenvalue weighted by atomic mass is 10.1. The van der Waals surface area contributed by atoms with E-state index >= 15 is 0 Å². The van der Waals surface area contributed by atoms with E-state index in [-0.39, 0.29) is 0 Å². The number of fused-ring (bicyclic) bond motifs is 2. The van der Waals surface area contributed by atoms with Gasteiger partial charge in [-0.1, -0.05) is 36.4 Å².